The minimum Gasteiger partial charge on any atom is -0.400 e. The quantitative estimate of drug-likeness (QED) is 0.562. The number of H-pyrrole nitrogens is 1. The molecule has 168 valence electrons. The summed E-state index contributed by atoms with van der Waals surface area (Å²) in [5.41, 5.74) is -0.976. The zero-order chi connectivity index (χ0) is 23.0. The minimum absolute atomic E-state index is 0.00274. The summed E-state index contributed by atoms with van der Waals surface area (Å²) in [5, 5.41) is 12.5. The Morgan fingerprint density at radius 3 is 2.17 bits per heavy atom. The van der Waals surface area contributed by atoms with Gasteiger partial charge in [0.25, 0.3) is 5.91 Å². The Labute approximate surface area is 172 Å². The average molecular weight is 421 g/mol. The number of aromatic nitrogens is 2. The molecule has 2 N–H and O–H groups in total. The van der Waals surface area contributed by atoms with Gasteiger partial charge in [-0.15, -0.1) is 13.2 Å². The van der Waals surface area contributed by atoms with Crippen molar-refractivity contribution < 1.29 is 23.1 Å². The van der Waals surface area contributed by atoms with E-state index in [4.69, 9.17) is 5.11 Å². The SMILES string of the molecule is C=CC.C=CC.CN(C)CCCCN1CCc2c(n[nH]c2C(F)(F)F)C1=O.CO. The Hall–Kier alpha value is -2.13. The standard InChI is InChI=1S/C13H19F3N4O.2C3H6.CH4O/c1-19(2)6-3-4-7-20-8-5-9-10(12(20)21)17-18-11(9)13(14,15)16;2*1-3-2;1-2/h3-8H2,1-2H3,(H,17,18);2*3H,1H2,2H3;2H,1H3. The van der Waals surface area contributed by atoms with Gasteiger partial charge in [0.15, 0.2) is 5.69 Å². The molecule has 0 aliphatic carbocycles. The van der Waals surface area contributed by atoms with Gasteiger partial charge in [0.05, 0.1) is 0 Å². The van der Waals surface area contributed by atoms with Crippen LogP contribution < -0.4 is 0 Å². The van der Waals surface area contributed by atoms with Crippen LogP contribution in [0.25, 0.3) is 0 Å². The number of carbonyl (C=O) groups is 1. The van der Waals surface area contributed by atoms with Crippen molar-refractivity contribution in [1.29, 1.82) is 0 Å². The molecular formula is C20H35F3N4O2. The smallest absolute Gasteiger partial charge is 0.400 e. The number of fused-ring (bicyclic) bond motifs is 1. The van der Waals surface area contributed by atoms with E-state index in [1.54, 1.807) is 17.1 Å². The maximum absolute atomic E-state index is 12.8. The fourth-order valence-corrected chi connectivity index (χ4v) is 2.46. The van der Waals surface area contributed by atoms with Crippen molar-refractivity contribution in [3.8, 4) is 0 Å². The molecule has 2 rings (SSSR count). The number of amides is 1. The summed E-state index contributed by atoms with van der Waals surface area (Å²) in [6.45, 7) is 12.3. The van der Waals surface area contributed by atoms with Crippen molar-refractivity contribution in [1.82, 2.24) is 20.0 Å². The topological polar surface area (TPSA) is 72.5 Å². The first-order chi connectivity index (χ1) is 13.6. The van der Waals surface area contributed by atoms with Crippen LogP contribution in [-0.2, 0) is 12.6 Å². The number of halogens is 3. The molecule has 0 radical (unpaired) electrons. The Bertz CT molecular complexity index is 593. The molecular weight excluding hydrogens is 385 g/mol. The Morgan fingerprint density at radius 1 is 1.21 bits per heavy atom. The summed E-state index contributed by atoms with van der Waals surface area (Å²) in [5.74, 6) is -0.409. The zero-order valence-electron chi connectivity index (χ0n) is 18.1. The number of hydrogen-bond acceptors (Lipinski definition) is 4. The monoisotopic (exact) mass is 420 g/mol. The molecule has 1 aromatic rings. The number of aliphatic hydroxyl groups excluding tert-OH is 1. The summed E-state index contributed by atoms with van der Waals surface area (Å²) in [7, 11) is 4.95. The first kappa shape index (κ1) is 29.1. The van der Waals surface area contributed by atoms with Crippen molar-refractivity contribution >= 4 is 5.91 Å². The Morgan fingerprint density at radius 2 is 1.72 bits per heavy atom. The van der Waals surface area contributed by atoms with Crippen LogP contribution in [0.4, 0.5) is 13.2 Å². The third kappa shape index (κ3) is 10.8. The van der Waals surface area contributed by atoms with Crippen LogP contribution in [0.5, 0.6) is 0 Å². The van der Waals surface area contributed by atoms with Gasteiger partial charge in [-0.3, -0.25) is 9.89 Å². The molecule has 29 heavy (non-hydrogen) atoms. The van der Waals surface area contributed by atoms with Crippen LogP contribution >= 0.6 is 0 Å². The van der Waals surface area contributed by atoms with E-state index < -0.39 is 17.8 Å². The normalized spacial score (nSPS) is 12.5. The number of carbonyl (C=O) groups excluding carboxylic acids is 1. The van der Waals surface area contributed by atoms with Gasteiger partial charge in [0, 0.05) is 25.8 Å². The van der Waals surface area contributed by atoms with E-state index in [1.807, 2.05) is 33.0 Å². The third-order valence-corrected chi connectivity index (χ3v) is 3.56. The molecule has 0 bridgehead atoms. The van der Waals surface area contributed by atoms with Crippen LogP contribution in [0.1, 0.15) is 48.4 Å². The Kier molecular flexibility index (Phi) is 15.8. The van der Waals surface area contributed by atoms with Crippen molar-refractivity contribution in [2.24, 2.45) is 0 Å². The summed E-state index contributed by atoms with van der Waals surface area (Å²) >= 11 is 0. The molecule has 0 atom stereocenters. The zero-order valence-corrected chi connectivity index (χ0v) is 18.1. The maximum Gasteiger partial charge on any atom is 0.433 e. The molecule has 1 aliphatic heterocycles. The van der Waals surface area contributed by atoms with E-state index in [0.29, 0.717) is 13.1 Å². The lowest BCUT2D eigenvalue weighted by atomic mass is 10.0. The van der Waals surface area contributed by atoms with E-state index in [9.17, 15) is 18.0 Å². The van der Waals surface area contributed by atoms with E-state index >= 15 is 0 Å². The number of aliphatic hydroxyl groups is 1. The highest BCUT2D eigenvalue weighted by atomic mass is 19.4. The lowest BCUT2D eigenvalue weighted by Crippen LogP contribution is -2.38. The largest absolute Gasteiger partial charge is 0.433 e. The molecule has 2 heterocycles. The molecule has 0 fully saturated rings. The predicted octanol–water partition coefficient (Wildman–Crippen LogP) is 3.76. The first-order valence-electron chi connectivity index (χ1n) is 9.31. The van der Waals surface area contributed by atoms with Gasteiger partial charge in [-0.2, -0.15) is 18.3 Å². The summed E-state index contributed by atoms with van der Waals surface area (Å²) in [6.07, 6.45) is 0.975. The van der Waals surface area contributed by atoms with E-state index in [-0.39, 0.29) is 17.7 Å². The highest BCUT2D eigenvalue weighted by Crippen LogP contribution is 2.33. The molecule has 9 heteroatoms. The average Bonchev–Trinajstić information content (AvgIpc) is 3.08. The second-order valence-corrected chi connectivity index (χ2v) is 6.29. The highest BCUT2D eigenvalue weighted by molar-refractivity contribution is 5.95. The van der Waals surface area contributed by atoms with Crippen molar-refractivity contribution in [2.75, 3.05) is 40.8 Å². The number of nitrogens with one attached hydrogen (secondary N) is 1. The summed E-state index contributed by atoms with van der Waals surface area (Å²) in [4.78, 5) is 15.8. The van der Waals surface area contributed by atoms with Crippen molar-refractivity contribution in [3.63, 3.8) is 0 Å². The fraction of sp³-hybridized carbons (Fsp3) is 0.600. The van der Waals surface area contributed by atoms with Gasteiger partial charge >= 0.3 is 6.18 Å². The number of hydrogen-bond donors (Lipinski definition) is 2. The number of allylic oxidation sites excluding steroid dienone is 2. The van der Waals surface area contributed by atoms with Gasteiger partial charge in [-0.1, -0.05) is 12.2 Å². The molecule has 1 amide bonds. The van der Waals surface area contributed by atoms with Gasteiger partial charge in [0.2, 0.25) is 0 Å². The summed E-state index contributed by atoms with van der Waals surface area (Å²) < 4.78 is 38.3. The number of alkyl halides is 3. The van der Waals surface area contributed by atoms with Crippen molar-refractivity contribution in [3.05, 3.63) is 42.3 Å². The lowest BCUT2D eigenvalue weighted by molar-refractivity contribution is -0.141. The van der Waals surface area contributed by atoms with Crippen LogP contribution in [0.2, 0.25) is 0 Å². The highest BCUT2D eigenvalue weighted by Gasteiger charge is 2.40. The molecule has 1 aromatic heterocycles. The van der Waals surface area contributed by atoms with Gasteiger partial charge in [-0.05, 0) is 53.8 Å². The number of unbranched alkanes of at least 4 members (excludes halogenated alkanes) is 1. The minimum atomic E-state index is -4.49. The molecule has 0 saturated heterocycles. The number of aromatic amines is 1. The molecule has 0 spiro atoms. The second kappa shape index (κ2) is 15.8. The van der Waals surface area contributed by atoms with Gasteiger partial charge < -0.3 is 14.9 Å². The summed E-state index contributed by atoms with van der Waals surface area (Å²) in [6, 6.07) is 0. The molecule has 1 aliphatic rings. The van der Waals surface area contributed by atoms with E-state index in [1.165, 1.54) is 0 Å². The lowest BCUT2D eigenvalue weighted by Gasteiger charge is -2.26. The predicted molar refractivity (Wildman–Crippen MR) is 111 cm³/mol. The molecule has 0 aromatic carbocycles. The van der Waals surface area contributed by atoms with E-state index in [2.05, 4.69) is 23.2 Å². The van der Waals surface area contributed by atoms with Crippen LogP contribution in [0.3, 0.4) is 0 Å². The van der Waals surface area contributed by atoms with Crippen LogP contribution in [0.15, 0.2) is 25.3 Å². The van der Waals surface area contributed by atoms with Crippen molar-refractivity contribution in [2.45, 2.75) is 39.3 Å². The van der Waals surface area contributed by atoms with Gasteiger partial charge in [0.1, 0.15) is 5.69 Å². The third-order valence-electron chi connectivity index (χ3n) is 3.56. The molecule has 6 nitrogen and oxygen atoms in total. The molecule has 0 saturated carbocycles. The van der Waals surface area contributed by atoms with Gasteiger partial charge in [-0.25, -0.2) is 0 Å². The first-order valence-corrected chi connectivity index (χ1v) is 9.31. The molecule has 0 unspecified atom stereocenters. The van der Waals surface area contributed by atoms with Crippen LogP contribution in [0, 0.1) is 0 Å². The number of nitrogens with zero attached hydrogens (tertiary/aromatic N) is 3. The maximum atomic E-state index is 12.8. The van der Waals surface area contributed by atoms with E-state index in [0.717, 1.165) is 26.5 Å². The van der Waals surface area contributed by atoms with Crippen LogP contribution in [-0.4, -0.2) is 71.9 Å². The second-order valence-electron chi connectivity index (χ2n) is 6.29. The number of rotatable bonds is 5. The fourth-order valence-electron chi connectivity index (χ4n) is 2.46. The Balaban J connectivity index is 0.